The van der Waals surface area contributed by atoms with Crippen molar-refractivity contribution in [2.45, 2.75) is 89.4 Å². The molecule has 2 aromatic carbocycles. The zero-order chi connectivity index (χ0) is 23.4. The van der Waals surface area contributed by atoms with Gasteiger partial charge in [0.2, 0.25) is 0 Å². The van der Waals surface area contributed by atoms with E-state index in [2.05, 4.69) is 38.5 Å². The summed E-state index contributed by atoms with van der Waals surface area (Å²) in [6.45, 7) is 16.0. The second-order valence-electron chi connectivity index (χ2n) is 10.8. The van der Waals surface area contributed by atoms with Crippen LogP contribution in [0.25, 0.3) is 0 Å². The third kappa shape index (κ3) is 4.30. The number of ketones is 1. The van der Waals surface area contributed by atoms with E-state index in [-0.39, 0.29) is 16.6 Å². The summed E-state index contributed by atoms with van der Waals surface area (Å²) in [5.74, 6) is 0.0658. The van der Waals surface area contributed by atoms with Gasteiger partial charge in [-0.2, -0.15) is 0 Å². The molecule has 168 valence electrons. The fourth-order valence-corrected chi connectivity index (χ4v) is 5.67. The molecule has 0 atom stereocenters. The first kappa shape index (κ1) is 23.5. The number of carbonyl (C=O) groups is 1. The molecule has 0 bridgehead atoms. The van der Waals surface area contributed by atoms with Crippen LogP contribution in [0.2, 0.25) is 0 Å². The Morgan fingerprint density at radius 2 is 1.42 bits per heavy atom. The molecule has 0 spiro atoms. The predicted octanol–water partition coefficient (Wildman–Crippen LogP) is 6.01. The van der Waals surface area contributed by atoms with E-state index in [1.165, 1.54) is 5.56 Å². The highest BCUT2D eigenvalue weighted by atomic mass is 32.2. The van der Waals surface area contributed by atoms with Crippen molar-refractivity contribution in [2.24, 2.45) is 0 Å². The Kier molecular flexibility index (Phi) is 5.67. The molecular formula is C26H35NO3S. The molecule has 3 rings (SSSR count). The first-order valence-electron chi connectivity index (χ1n) is 10.9. The van der Waals surface area contributed by atoms with Crippen molar-refractivity contribution < 1.29 is 13.2 Å². The van der Waals surface area contributed by atoms with Gasteiger partial charge in [0.1, 0.15) is 5.78 Å². The van der Waals surface area contributed by atoms with Gasteiger partial charge in [-0.05, 0) is 91.8 Å². The summed E-state index contributed by atoms with van der Waals surface area (Å²) in [4.78, 5) is 12.2. The van der Waals surface area contributed by atoms with E-state index in [0.717, 1.165) is 29.5 Å². The van der Waals surface area contributed by atoms with E-state index in [0.29, 0.717) is 10.6 Å². The summed E-state index contributed by atoms with van der Waals surface area (Å²) < 4.78 is 29.3. The maximum Gasteiger partial charge on any atom is 0.262 e. The third-order valence-electron chi connectivity index (χ3n) is 7.18. The van der Waals surface area contributed by atoms with Crippen LogP contribution in [0.5, 0.6) is 0 Å². The molecule has 31 heavy (non-hydrogen) atoms. The van der Waals surface area contributed by atoms with Crippen molar-refractivity contribution in [3.05, 3.63) is 58.7 Å². The number of hydrogen-bond acceptors (Lipinski definition) is 3. The molecule has 0 radical (unpaired) electrons. The molecule has 1 aliphatic rings. The lowest BCUT2D eigenvalue weighted by Gasteiger charge is -2.42. The minimum atomic E-state index is -3.75. The number of fused-ring (bicyclic) bond motifs is 1. The van der Waals surface area contributed by atoms with E-state index in [1.54, 1.807) is 19.1 Å². The van der Waals surface area contributed by atoms with Crippen LogP contribution in [0.4, 0.5) is 5.69 Å². The van der Waals surface area contributed by atoms with Crippen molar-refractivity contribution in [2.75, 3.05) is 4.72 Å². The molecule has 0 unspecified atom stereocenters. The molecular weight excluding hydrogens is 406 g/mol. The first-order chi connectivity index (χ1) is 14.1. The second kappa shape index (κ2) is 7.47. The molecule has 0 saturated heterocycles. The number of benzene rings is 2. The number of nitrogens with one attached hydrogen (secondary N) is 1. The van der Waals surface area contributed by atoms with E-state index in [1.807, 2.05) is 39.0 Å². The van der Waals surface area contributed by atoms with Crippen LogP contribution in [0.3, 0.4) is 0 Å². The van der Waals surface area contributed by atoms with E-state index >= 15 is 0 Å². The molecule has 2 aromatic rings. The van der Waals surface area contributed by atoms with Gasteiger partial charge in [0.25, 0.3) is 10.0 Å². The number of carbonyl (C=O) groups excluding carboxylic acids is 1. The summed E-state index contributed by atoms with van der Waals surface area (Å²) in [5.41, 5.74) is 3.82. The van der Waals surface area contributed by atoms with Gasteiger partial charge >= 0.3 is 0 Å². The Morgan fingerprint density at radius 3 is 1.90 bits per heavy atom. The van der Waals surface area contributed by atoms with Crippen molar-refractivity contribution >= 4 is 21.5 Å². The van der Waals surface area contributed by atoms with Crippen molar-refractivity contribution in [3.63, 3.8) is 0 Å². The van der Waals surface area contributed by atoms with Crippen molar-refractivity contribution in [1.82, 2.24) is 0 Å². The van der Waals surface area contributed by atoms with Gasteiger partial charge in [0.05, 0.1) is 4.90 Å². The number of hydrogen-bond donors (Lipinski definition) is 1. The normalized spacial score (nSPS) is 17.7. The molecule has 1 aliphatic carbocycles. The average molecular weight is 442 g/mol. The second-order valence-corrected chi connectivity index (χ2v) is 12.4. The van der Waals surface area contributed by atoms with Gasteiger partial charge in [-0.1, -0.05) is 45.9 Å². The standard InChI is InChI=1S/C26H35NO3S/c1-17-15-21-22(25(5,6)14-13-24(21,3)4)16-23(17)31(29,30)27-20-11-9-19(10-12-20)26(7,8)18(2)28/h9-12,15-16,27H,13-14H2,1-8H3. The fourth-order valence-electron chi connectivity index (χ4n) is 4.36. The lowest BCUT2D eigenvalue weighted by molar-refractivity contribution is -0.121. The Labute approximate surface area is 187 Å². The zero-order valence-electron chi connectivity index (χ0n) is 20.0. The maximum atomic E-state index is 13.3. The summed E-state index contributed by atoms with van der Waals surface area (Å²) in [5, 5.41) is 0. The van der Waals surface area contributed by atoms with Gasteiger partial charge in [-0.25, -0.2) is 8.42 Å². The largest absolute Gasteiger partial charge is 0.299 e. The fraction of sp³-hybridized carbons (Fsp3) is 0.500. The van der Waals surface area contributed by atoms with Crippen LogP contribution in [0, 0.1) is 6.92 Å². The van der Waals surface area contributed by atoms with E-state index < -0.39 is 15.4 Å². The smallest absolute Gasteiger partial charge is 0.262 e. The number of aryl methyl sites for hydroxylation is 1. The van der Waals surface area contributed by atoms with E-state index in [4.69, 9.17) is 0 Å². The highest BCUT2D eigenvalue weighted by Crippen LogP contribution is 2.47. The van der Waals surface area contributed by atoms with Crippen LogP contribution in [0.15, 0.2) is 41.3 Å². The summed E-state index contributed by atoms with van der Waals surface area (Å²) in [7, 11) is -3.75. The number of rotatable bonds is 5. The van der Waals surface area contributed by atoms with E-state index in [9.17, 15) is 13.2 Å². The Bertz CT molecular complexity index is 1120. The van der Waals surface area contributed by atoms with Crippen LogP contribution >= 0.6 is 0 Å². The minimum Gasteiger partial charge on any atom is -0.299 e. The summed E-state index contributed by atoms with van der Waals surface area (Å²) in [6.07, 6.45) is 2.11. The first-order valence-corrected chi connectivity index (χ1v) is 12.4. The quantitative estimate of drug-likeness (QED) is 0.618. The summed E-state index contributed by atoms with van der Waals surface area (Å²) in [6, 6.07) is 11.0. The molecule has 0 amide bonds. The lowest BCUT2D eigenvalue weighted by atomic mass is 9.63. The van der Waals surface area contributed by atoms with Gasteiger partial charge < -0.3 is 0 Å². The molecule has 0 saturated carbocycles. The van der Waals surface area contributed by atoms with Gasteiger partial charge in [0.15, 0.2) is 0 Å². The molecule has 4 nitrogen and oxygen atoms in total. The SMILES string of the molecule is CC(=O)C(C)(C)c1ccc(NS(=O)(=O)c2cc3c(cc2C)C(C)(C)CCC3(C)C)cc1. The van der Waals surface area contributed by atoms with Crippen LogP contribution in [-0.4, -0.2) is 14.2 Å². The molecule has 0 heterocycles. The average Bonchev–Trinajstić information content (AvgIpc) is 2.65. The Balaban J connectivity index is 1.99. The number of anilines is 1. The van der Waals surface area contributed by atoms with Crippen molar-refractivity contribution in [1.29, 1.82) is 0 Å². The monoisotopic (exact) mass is 441 g/mol. The highest BCUT2D eigenvalue weighted by Gasteiger charge is 2.38. The molecule has 5 heteroatoms. The minimum absolute atomic E-state index is 0.0324. The lowest BCUT2D eigenvalue weighted by Crippen LogP contribution is -2.34. The third-order valence-corrected chi connectivity index (χ3v) is 8.70. The topological polar surface area (TPSA) is 63.2 Å². The Morgan fingerprint density at radius 1 is 0.935 bits per heavy atom. The number of sulfonamides is 1. The summed E-state index contributed by atoms with van der Waals surface area (Å²) >= 11 is 0. The van der Waals surface area contributed by atoms with Gasteiger partial charge in [-0.3, -0.25) is 9.52 Å². The predicted molar refractivity (Wildman–Crippen MR) is 127 cm³/mol. The van der Waals surface area contributed by atoms with Crippen LogP contribution in [0.1, 0.15) is 83.6 Å². The molecule has 0 aliphatic heterocycles. The van der Waals surface area contributed by atoms with Gasteiger partial charge in [-0.15, -0.1) is 0 Å². The zero-order valence-corrected chi connectivity index (χ0v) is 20.8. The van der Waals surface area contributed by atoms with Crippen molar-refractivity contribution in [3.8, 4) is 0 Å². The van der Waals surface area contributed by atoms with Crippen LogP contribution in [-0.2, 0) is 31.1 Å². The van der Waals surface area contributed by atoms with Gasteiger partial charge in [0, 0.05) is 11.1 Å². The molecule has 1 N–H and O–H groups in total. The highest BCUT2D eigenvalue weighted by molar-refractivity contribution is 7.92. The maximum absolute atomic E-state index is 13.3. The molecule has 0 fully saturated rings. The number of Topliss-reactive ketones (excluding diaryl/α,β-unsaturated/α-hetero) is 1. The van der Waals surface area contributed by atoms with Crippen LogP contribution < -0.4 is 4.72 Å². The Hall–Kier alpha value is -2.14. The molecule has 0 aromatic heterocycles.